The summed E-state index contributed by atoms with van der Waals surface area (Å²) in [5, 5.41) is 0. The maximum absolute atomic E-state index is 5.97. The zero-order valence-electron chi connectivity index (χ0n) is 8.90. The predicted molar refractivity (Wildman–Crippen MR) is 64.8 cm³/mol. The highest BCUT2D eigenvalue weighted by Crippen LogP contribution is 2.19. The van der Waals surface area contributed by atoms with E-state index in [0.29, 0.717) is 0 Å². The molecule has 0 aliphatic carbocycles. The van der Waals surface area contributed by atoms with Crippen molar-refractivity contribution in [2.24, 2.45) is 0 Å². The molecule has 0 aliphatic heterocycles. The maximum atomic E-state index is 5.97. The zero-order valence-corrected chi connectivity index (χ0v) is 8.90. The van der Waals surface area contributed by atoms with Crippen LogP contribution < -0.4 is 5.73 Å². The Hall–Kier alpha value is -1.76. The Kier molecular flexibility index (Phi) is 2.72. The SMILES string of the molecule is Cc1cccc(N)c1Cc1ccccc1. The third-order valence-electron chi connectivity index (χ3n) is 2.67. The van der Waals surface area contributed by atoms with Crippen molar-refractivity contribution in [3.8, 4) is 0 Å². The first-order valence-electron chi connectivity index (χ1n) is 5.15. The Morgan fingerprint density at radius 2 is 1.67 bits per heavy atom. The van der Waals surface area contributed by atoms with Crippen LogP contribution in [0, 0.1) is 6.92 Å². The second kappa shape index (κ2) is 4.18. The van der Waals surface area contributed by atoms with Gasteiger partial charge in [-0.25, -0.2) is 0 Å². The minimum atomic E-state index is 0.888. The highest BCUT2D eigenvalue weighted by Gasteiger charge is 2.03. The molecule has 0 bridgehead atoms. The second-order valence-corrected chi connectivity index (χ2v) is 3.81. The normalized spacial score (nSPS) is 10.2. The second-order valence-electron chi connectivity index (χ2n) is 3.81. The van der Waals surface area contributed by atoms with Crippen LogP contribution in [0.15, 0.2) is 48.5 Å². The van der Waals surface area contributed by atoms with E-state index in [9.17, 15) is 0 Å². The van der Waals surface area contributed by atoms with Gasteiger partial charge in [0.2, 0.25) is 0 Å². The van der Waals surface area contributed by atoms with Gasteiger partial charge in [0.05, 0.1) is 0 Å². The summed E-state index contributed by atoms with van der Waals surface area (Å²) in [6.45, 7) is 2.11. The van der Waals surface area contributed by atoms with Gasteiger partial charge in [-0.05, 0) is 36.1 Å². The number of anilines is 1. The minimum Gasteiger partial charge on any atom is -0.398 e. The van der Waals surface area contributed by atoms with E-state index in [0.717, 1.165) is 12.1 Å². The minimum absolute atomic E-state index is 0.888. The van der Waals surface area contributed by atoms with Gasteiger partial charge in [-0.3, -0.25) is 0 Å². The van der Waals surface area contributed by atoms with E-state index in [4.69, 9.17) is 5.73 Å². The van der Waals surface area contributed by atoms with Gasteiger partial charge in [-0.1, -0.05) is 42.5 Å². The molecular weight excluding hydrogens is 182 g/mol. The van der Waals surface area contributed by atoms with Crippen molar-refractivity contribution in [3.63, 3.8) is 0 Å². The van der Waals surface area contributed by atoms with Crippen LogP contribution in [0.2, 0.25) is 0 Å². The summed E-state index contributed by atoms with van der Waals surface area (Å²) in [5.74, 6) is 0. The van der Waals surface area contributed by atoms with Gasteiger partial charge in [-0.2, -0.15) is 0 Å². The molecule has 0 spiro atoms. The van der Waals surface area contributed by atoms with Crippen LogP contribution in [0.1, 0.15) is 16.7 Å². The van der Waals surface area contributed by atoms with Crippen LogP contribution in [-0.2, 0) is 6.42 Å². The average molecular weight is 197 g/mol. The largest absolute Gasteiger partial charge is 0.398 e. The molecular formula is C14H15N. The van der Waals surface area contributed by atoms with E-state index >= 15 is 0 Å². The first-order valence-corrected chi connectivity index (χ1v) is 5.15. The Labute approximate surface area is 90.6 Å². The average Bonchev–Trinajstić information content (AvgIpc) is 2.25. The first kappa shape index (κ1) is 9.78. The Morgan fingerprint density at radius 3 is 2.33 bits per heavy atom. The number of rotatable bonds is 2. The fourth-order valence-corrected chi connectivity index (χ4v) is 1.77. The lowest BCUT2D eigenvalue weighted by Crippen LogP contribution is -1.98. The smallest absolute Gasteiger partial charge is 0.0352 e. The molecule has 76 valence electrons. The van der Waals surface area contributed by atoms with Crippen molar-refractivity contribution >= 4 is 5.69 Å². The molecule has 0 heterocycles. The van der Waals surface area contributed by atoms with Gasteiger partial charge in [0, 0.05) is 5.69 Å². The number of hydrogen-bond donors (Lipinski definition) is 1. The van der Waals surface area contributed by atoms with Crippen LogP contribution in [0.25, 0.3) is 0 Å². The van der Waals surface area contributed by atoms with Crippen molar-refractivity contribution in [2.45, 2.75) is 13.3 Å². The van der Waals surface area contributed by atoms with Crippen molar-refractivity contribution in [3.05, 3.63) is 65.2 Å². The third-order valence-corrected chi connectivity index (χ3v) is 2.67. The molecule has 0 unspecified atom stereocenters. The van der Waals surface area contributed by atoms with Gasteiger partial charge in [0.15, 0.2) is 0 Å². The number of hydrogen-bond acceptors (Lipinski definition) is 1. The van der Waals surface area contributed by atoms with Gasteiger partial charge < -0.3 is 5.73 Å². The lowest BCUT2D eigenvalue weighted by atomic mass is 9.99. The summed E-state index contributed by atoms with van der Waals surface area (Å²) in [6.07, 6.45) is 0.916. The Morgan fingerprint density at radius 1 is 0.933 bits per heavy atom. The molecule has 0 fully saturated rings. The Balaban J connectivity index is 2.32. The summed E-state index contributed by atoms with van der Waals surface area (Å²) in [4.78, 5) is 0. The maximum Gasteiger partial charge on any atom is 0.0352 e. The summed E-state index contributed by atoms with van der Waals surface area (Å²) >= 11 is 0. The van der Waals surface area contributed by atoms with Crippen LogP contribution in [0.5, 0.6) is 0 Å². The molecule has 2 aromatic carbocycles. The molecule has 0 aliphatic rings. The van der Waals surface area contributed by atoms with Crippen molar-refractivity contribution in [1.82, 2.24) is 0 Å². The van der Waals surface area contributed by atoms with Crippen LogP contribution >= 0.6 is 0 Å². The van der Waals surface area contributed by atoms with Crippen molar-refractivity contribution < 1.29 is 0 Å². The zero-order chi connectivity index (χ0) is 10.7. The summed E-state index contributed by atoms with van der Waals surface area (Å²) in [7, 11) is 0. The van der Waals surface area contributed by atoms with E-state index in [1.807, 2.05) is 18.2 Å². The van der Waals surface area contributed by atoms with E-state index in [1.165, 1.54) is 16.7 Å². The van der Waals surface area contributed by atoms with E-state index < -0.39 is 0 Å². The molecule has 0 saturated heterocycles. The lowest BCUT2D eigenvalue weighted by molar-refractivity contribution is 1.16. The van der Waals surface area contributed by atoms with E-state index in [-0.39, 0.29) is 0 Å². The molecule has 0 amide bonds. The standard InChI is InChI=1S/C14H15N/c1-11-6-5-9-14(15)13(11)10-12-7-3-2-4-8-12/h2-9H,10,15H2,1H3. The van der Waals surface area contributed by atoms with Crippen LogP contribution in [0.4, 0.5) is 5.69 Å². The summed E-state index contributed by atoms with van der Waals surface area (Å²) < 4.78 is 0. The summed E-state index contributed by atoms with van der Waals surface area (Å²) in [6, 6.07) is 16.5. The number of benzene rings is 2. The molecule has 2 N–H and O–H groups in total. The van der Waals surface area contributed by atoms with E-state index in [2.05, 4.69) is 37.3 Å². The first-order chi connectivity index (χ1) is 7.27. The predicted octanol–water partition coefficient (Wildman–Crippen LogP) is 3.17. The molecule has 15 heavy (non-hydrogen) atoms. The van der Waals surface area contributed by atoms with Gasteiger partial charge in [0.1, 0.15) is 0 Å². The quantitative estimate of drug-likeness (QED) is 0.735. The molecule has 1 nitrogen and oxygen atoms in total. The highest BCUT2D eigenvalue weighted by atomic mass is 14.6. The van der Waals surface area contributed by atoms with E-state index in [1.54, 1.807) is 0 Å². The van der Waals surface area contributed by atoms with Gasteiger partial charge >= 0.3 is 0 Å². The molecule has 2 aromatic rings. The summed E-state index contributed by atoms with van der Waals surface area (Å²) in [5.41, 5.74) is 10.7. The van der Waals surface area contributed by atoms with Crippen LogP contribution in [0.3, 0.4) is 0 Å². The molecule has 0 saturated carbocycles. The Bertz CT molecular complexity index is 426. The topological polar surface area (TPSA) is 26.0 Å². The molecule has 0 radical (unpaired) electrons. The monoisotopic (exact) mass is 197 g/mol. The lowest BCUT2D eigenvalue weighted by Gasteiger charge is -2.09. The molecule has 2 rings (SSSR count). The molecule has 0 aromatic heterocycles. The number of aryl methyl sites for hydroxylation is 1. The van der Waals surface area contributed by atoms with Crippen molar-refractivity contribution in [2.75, 3.05) is 5.73 Å². The van der Waals surface area contributed by atoms with Gasteiger partial charge in [-0.15, -0.1) is 0 Å². The van der Waals surface area contributed by atoms with Gasteiger partial charge in [0.25, 0.3) is 0 Å². The molecule has 0 atom stereocenters. The fraction of sp³-hybridized carbons (Fsp3) is 0.143. The van der Waals surface area contributed by atoms with Crippen molar-refractivity contribution in [1.29, 1.82) is 0 Å². The molecule has 1 heteroatoms. The third kappa shape index (κ3) is 2.18. The van der Waals surface area contributed by atoms with Crippen LogP contribution in [-0.4, -0.2) is 0 Å². The highest BCUT2D eigenvalue weighted by molar-refractivity contribution is 5.52. The fourth-order valence-electron chi connectivity index (χ4n) is 1.77. The number of nitrogens with two attached hydrogens (primary N) is 1. The number of nitrogen functional groups attached to an aromatic ring is 1.